The first-order chi connectivity index (χ1) is 10.3. The number of nitrogens with two attached hydrogens (primary N) is 1. The zero-order chi connectivity index (χ0) is 16.3. The number of nitrogen functional groups attached to an aromatic ring is 1. The van der Waals surface area contributed by atoms with Crippen molar-refractivity contribution in [1.29, 1.82) is 0 Å². The summed E-state index contributed by atoms with van der Waals surface area (Å²) in [5.74, 6) is 0.351. The van der Waals surface area contributed by atoms with Gasteiger partial charge in [-0.25, -0.2) is 15.0 Å². The molecule has 0 bridgehead atoms. The Morgan fingerprint density at radius 3 is 2.73 bits per heavy atom. The molecule has 0 saturated carbocycles. The van der Waals surface area contributed by atoms with E-state index in [1.54, 1.807) is 13.0 Å². The lowest BCUT2D eigenvalue weighted by atomic mass is 10.4. The minimum absolute atomic E-state index is 0.258. The Hall–Kier alpha value is -1.57. The third-order valence-corrected chi connectivity index (χ3v) is 4.01. The van der Waals surface area contributed by atoms with Crippen molar-refractivity contribution >= 4 is 52.5 Å². The van der Waals surface area contributed by atoms with Gasteiger partial charge in [-0.15, -0.1) is 0 Å². The Morgan fingerprint density at radius 2 is 2.09 bits per heavy atom. The molecule has 6 nitrogen and oxygen atoms in total. The van der Waals surface area contributed by atoms with Crippen LogP contribution in [0.2, 0.25) is 10.0 Å². The van der Waals surface area contributed by atoms with Crippen LogP contribution in [0.25, 0.3) is 0 Å². The summed E-state index contributed by atoms with van der Waals surface area (Å²) < 4.78 is 0. The Labute approximate surface area is 141 Å². The predicted octanol–water partition coefficient (Wildman–Crippen LogP) is 3.19. The number of carbonyl (C=O) groups is 1. The van der Waals surface area contributed by atoms with Crippen LogP contribution < -0.4 is 11.1 Å². The van der Waals surface area contributed by atoms with Gasteiger partial charge in [-0.3, -0.25) is 4.79 Å². The molecule has 116 valence electrons. The van der Waals surface area contributed by atoms with E-state index in [-0.39, 0.29) is 16.7 Å². The van der Waals surface area contributed by atoms with E-state index in [9.17, 15) is 4.79 Å². The Bertz CT molecular complexity index is 693. The molecule has 2 heterocycles. The highest BCUT2D eigenvalue weighted by Gasteiger charge is 2.18. The number of hydrogen-bond donors (Lipinski definition) is 2. The molecular weight excluding hydrogens is 345 g/mol. The highest BCUT2D eigenvalue weighted by atomic mass is 35.5. The normalized spacial score (nSPS) is 12.0. The Balaban J connectivity index is 2.05. The number of carbonyl (C=O) groups excluding carboxylic acids is 1. The molecule has 0 aliphatic heterocycles. The van der Waals surface area contributed by atoms with Crippen molar-refractivity contribution in [2.24, 2.45) is 0 Å². The smallest absolute Gasteiger partial charge is 0.238 e. The van der Waals surface area contributed by atoms with Crippen LogP contribution in [0, 0.1) is 6.92 Å². The first kappa shape index (κ1) is 16.8. The lowest BCUT2D eigenvalue weighted by Gasteiger charge is -2.12. The number of rotatable bonds is 4. The molecule has 22 heavy (non-hydrogen) atoms. The second-order valence-electron chi connectivity index (χ2n) is 4.45. The zero-order valence-electron chi connectivity index (χ0n) is 11.8. The molecule has 0 aromatic carbocycles. The molecule has 0 spiro atoms. The van der Waals surface area contributed by atoms with Gasteiger partial charge in [-0.2, -0.15) is 0 Å². The topological polar surface area (TPSA) is 93.8 Å². The van der Waals surface area contributed by atoms with Crippen molar-refractivity contribution in [1.82, 2.24) is 15.0 Å². The number of thioether (sulfide) groups is 1. The highest BCUT2D eigenvalue weighted by Crippen LogP contribution is 2.25. The average Bonchev–Trinajstić information content (AvgIpc) is 2.40. The predicted molar refractivity (Wildman–Crippen MR) is 89.4 cm³/mol. The van der Waals surface area contributed by atoms with Crippen molar-refractivity contribution in [2.45, 2.75) is 24.3 Å². The number of halogens is 2. The number of anilines is 2. The summed E-state index contributed by atoms with van der Waals surface area (Å²) in [6, 6.07) is 3.17. The molecule has 0 fully saturated rings. The molecule has 0 unspecified atom stereocenters. The van der Waals surface area contributed by atoms with Gasteiger partial charge in [-0.05, 0) is 19.9 Å². The van der Waals surface area contributed by atoms with Gasteiger partial charge < -0.3 is 11.1 Å². The van der Waals surface area contributed by atoms with E-state index < -0.39 is 5.25 Å². The summed E-state index contributed by atoms with van der Waals surface area (Å²) in [4.78, 5) is 24.5. The number of hydrogen-bond acceptors (Lipinski definition) is 6. The number of aromatic nitrogens is 3. The second kappa shape index (κ2) is 7.13. The maximum Gasteiger partial charge on any atom is 0.238 e. The van der Waals surface area contributed by atoms with Crippen molar-refractivity contribution in [3.8, 4) is 0 Å². The largest absolute Gasteiger partial charge is 0.384 e. The number of nitrogens with zero attached hydrogens (tertiary/aromatic N) is 3. The van der Waals surface area contributed by atoms with E-state index in [0.29, 0.717) is 16.0 Å². The first-order valence-corrected chi connectivity index (χ1v) is 7.88. The van der Waals surface area contributed by atoms with Crippen LogP contribution in [0.3, 0.4) is 0 Å². The first-order valence-electron chi connectivity index (χ1n) is 6.25. The van der Waals surface area contributed by atoms with Crippen LogP contribution in [0.5, 0.6) is 0 Å². The molecule has 2 rings (SSSR count). The lowest BCUT2D eigenvalue weighted by Crippen LogP contribution is -2.23. The maximum atomic E-state index is 12.2. The lowest BCUT2D eigenvalue weighted by molar-refractivity contribution is -0.115. The van der Waals surface area contributed by atoms with E-state index in [2.05, 4.69) is 20.3 Å². The Kier molecular flexibility index (Phi) is 5.44. The van der Waals surface area contributed by atoms with Crippen molar-refractivity contribution in [3.63, 3.8) is 0 Å². The van der Waals surface area contributed by atoms with Crippen LogP contribution >= 0.6 is 35.0 Å². The van der Waals surface area contributed by atoms with Crippen molar-refractivity contribution in [2.75, 3.05) is 11.1 Å². The standard InChI is InChI=1S/C13H13Cl2N5OS/c1-6-3-10(16)19-13(18-6)22-7(2)12(21)20-11-9(15)4-8(14)5-17-11/h3-5,7H,1-2H3,(H2,16,18,19)(H,17,20,21)/t7-/m1/s1. The summed E-state index contributed by atoms with van der Waals surface area (Å²) in [6.07, 6.45) is 1.41. The zero-order valence-corrected chi connectivity index (χ0v) is 14.1. The van der Waals surface area contributed by atoms with Gasteiger partial charge in [0.2, 0.25) is 5.91 Å². The number of aryl methyl sites for hydroxylation is 1. The van der Waals surface area contributed by atoms with Gasteiger partial charge in [-0.1, -0.05) is 35.0 Å². The second-order valence-corrected chi connectivity index (χ2v) is 6.60. The van der Waals surface area contributed by atoms with E-state index >= 15 is 0 Å². The number of amides is 1. The molecule has 2 aromatic heterocycles. The quantitative estimate of drug-likeness (QED) is 0.644. The van der Waals surface area contributed by atoms with Crippen LogP contribution in [-0.2, 0) is 4.79 Å². The number of nitrogens with one attached hydrogen (secondary N) is 1. The van der Waals surface area contributed by atoms with Gasteiger partial charge in [0.1, 0.15) is 5.82 Å². The summed E-state index contributed by atoms with van der Waals surface area (Å²) in [6.45, 7) is 3.54. The van der Waals surface area contributed by atoms with Gasteiger partial charge in [0.15, 0.2) is 11.0 Å². The fourth-order valence-electron chi connectivity index (χ4n) is 1.55. The highest BCUT2D eigenvalue weighted by molar-refractivity contribution is 8.00. The third kappa shape index (κ3) is 4.46. The van der Waals surface area contributed by atoms with Crippen molar-refractivity contribution < 1.29 is 4.79 Å². The van der Waals surface area contributed by atoms with Crippen LogP contribution in [0.4, 0.5) is 11.6 Å². The average molecular weight is 358 g/mol. The van der Waals surface area contributed by atoms with E-state index in [1.165, 1.54) is 24.0 Å². The molecule has 0 aliphatic carbocycles. The monoisotopic (exact) mass is 357 g/mol. The van der Waals surface area contributed by atoms with E-state index in [4.69, 9.17) is 28.9 Å². The van der Waals surface area contributed by atoms with Gasteiger partial charge in [0.05, 0.1) is 15.3 Å². The molecule has 1 amide bonds. The summed E-state index contributed by atoms with van der Waals surface area (Å²) >= 11 is 12.9. The SMILES string of the molecule is Cc1cc(N)nc(S[C@H](C)C(=O)Nc2ncc(Cl)cc2Cl)n1. The van der Waals surface area contributed by atoms with E-state index in [0.717, 1.165) is 5.69 Å². The van der Waals surface area contributed by atoms with Gasteiger partial charge in [0.25, 0.3) is 0 Å². The fraction of sp³-hybridized carbons (Fsp3) is 0.231. The molecule has 9 heteroatoms. The van der Waals surface area contributed by atoms with Gasteiger partial charge in [0, 0.05) is 18.0 Å². The fourth-order valence-corrected chi connectivity index (χ4v) is 2.82. The number of pyridine rings is 1. The van der Waals surface area contributed by atoms with E-state index in [1.807, 2.05) is 6.92 Å². The maximum absolute atomic E-state index is 12.2. The summed E-state index contributed by atoms with van der Waals surface area (Å²) in [5, 5.41) is 3.30. The molecule has 0 saturated heterocycles. The molecule has 3 N–H and O–H groups in total. The molecule has 0 radical (unpaired) electrons. The Morgan fingerprint density at radius 1 is 1.36 bits per heavy atom. The van der Waals surface area contributed by atoms with Gasteiger partial charge >= 0.3 is 0 Å². The van der Waals surface area contributed by atoms with Crippen LogP contribution in [0.1, 0.15) is 12.6 Å². The summed E-state index contributed by atoms with van der Waals surface area (Å²) in [7, 11) is 0. The van der Waals surface area contributed by atoms with Crippen LogP contribution in [0.15, 0.2) is 23.5 Å². The molecule has 1 atom stereocenters. The summed E-state index contributed by atoms with van der Waals surface area (Å²) in [5.41, 5.74) is 6.40. The minimum Gasteiger partial charge on any atom is -0.384 e. The van der Waals surface area contributed by atoms with Crippen molar-refractivity contribution in [3.05, 3.63) is 34.1 Å². The minimum atomic E-state index is -0.449. The molecule has 0 aliphatic rings. The molecular formula is C13H13Cl2N5OS. The van der Waals surface area contributed by atoms with Crippen LogP contribution in [-0.4, -0.2) is 26.1 Å². The molecule has 2 aromatic rings. The third-order valence-electron chi connectivity index (χ3n) is 2.55.